The van der Waals surface area contributed by atoms with Crippen molar-refractivity contribution in [3.63, 3.8) is 0 Å². The second kappa shape index (κ2) is 11.8. The van der Waals surface area contributed by atoms with Gasteiger partial charge in [-0.2, -0.15) is 0 Å². The molecule has 0 aliphatic heterocycles. The summed E-state index contributed by atoms with van der Waals surface area (Å²) in [6, 6.07) is 66.8. The summed E-state index contributed by atoms with van der Waals surface area (Å²) >= 11 is 0. The van der Waals surface area contributed by atoms with Crippen LogP contribution in [-0.4, -0.2) is 0 Å². The molecular weight excluding hydrogens is 583 g/mol. The molecule has 9 rings (SSSR count). The molecule has 48 heavy (non-hydrogen) atoms. The first kappa shape index (κ1) is 27.9. The molecular formula is C46H31NO. The summed E-state index contributed by atoms with van der Waals surface area (Å²) < 4.78 is 6.68. The average molecular weight is 614 g/mol. The van der Waals surface area contributed by atoms with Gasteiger partial charge in [0.2, 0.25) is 0 Å². The Bertz CT molecular complexity index is 2430. The fourth-order valence-electron chi connectivity index (χ4n) is 6.96. The van der Waals surface area contributed by atoms with Crippen LogP contribution in [0.4, 0.5) is 17.1 Å². The van der Waals surface area contributed by atoms with Crippen molar-refractivity contribution in [2.75, 3.05) is 4.90 Å². The average Bonchev–Trinajstić information content (AvgIpc) is 3.56. The lowest BCUT2D eigenvalue weighted by molar-refractivity contribution is 0.673. The number of hydrogen-bond acceptors (Lipinski definition) is 2. The molecule has 0 atom stereocenters. The molecule has 2 heteroatoms. The minimum absolute atomic E-state index is 0.878. The first-order chi connectivity index (χ1) is 23.8. The molecule has 0 aliphatic carbocycles. The van der Waals surface area contributed by atoms with Crippen LogP contribution < -0.4 is 4.90 Å². The molecule has 226 valence electrons. The number of anilines is 3. The molecule has 0 radical (unpaired) electrons. The van der Waals surface area contributed by atoms with Crippen molar-refractivity contribution in [2.45, 2.75) is 0 Å². The topological polar surface area (TPSA) is 16.4 Å². The Hall–Kier alpha value is -6.38. The van der Waals surface area contributed by atoms with Gasteiger partial charge in [-0.15, -0.1) is 0 Å². The van der Waals surface area contributed by atoms with E-state index in [2.05, 4.69) is 193 Å². The number of rotatable bonds is 6. The number of hydrogen-bond donors (Lipinski definition) is 0. The Morgan fingerprint density at radius 1 is 0.354 bits per heavy atom. The molecule has 0 saturated heterocycles. The Kier molecular flexibility index (Phi) is 6.84. The normalized spacial score (nSPS) is 11.3. The Morgan fingerprint density at radius 2 is 0.854 bits per heavy atom. The SMILES string of the molecule is c1ccc(-c2ccc(N(c3ccc(-c4ccccc4)cc3)c3ccc4oc5c6ccccc6ccc5c4c3-c3ccccc3)cc2)cc1. The molecule has 9 aromatic rings. The number of benzene rings is 8. The molecule has 0 spiro atoms. The van der Waals surface area contributed by atoms with Gasteiger partial charge in [-0.25, -0.2) is 0 Å². The van der Waals surface area contributed by atoms with Gasteiger partial charge in [0.1, 0.15) is 11.2 Å². The van der Waals surface area contributed by atoms with E-state index >= 15 is 0 Å². The fourth-order valence-corrected chi connectivity index (χ4v) is 6.96. The van der Waals surface area contributed by atoms with E-state index in [1.54, 1.807) is 0 Å². The number of furan rings is 1. The first-order valence-corrected chi connectivity index (χ1v) is 16.4. The predicted octanol–water partition coefficient (Wildman–Crippen LogP) is 13.2. The van der Waals surface area contributed by atoms with E-state index in [1.807, 2.05) is 0 Å². The Balaban J connectivity index is 1.30. The largest absolute Gasteiger partial charge is 0.455 e. The smallest absolute Gasteiger partial charge is 0.143 e. The lowest BCUT2D eigenvalue weighted by Crippen LogP contribution is -2.11. The van der Waals surface area contributed by atoms with Gasteiger partial charge in [0, 0.05) is 33.1 Å². The van der Waals surface area contributed by atoms with Gasteiger partial charge in [-0.3, -0.25) is 0 Å². The van der Waals surface area contributed by atoms with Crippen molar-refractivity contribution < 1.29 is 4.42 Å². The maximum absolute atomic E-state index is 6.68. The van der Waals surface area contributed by atoms with E-state index < -0.39 is 0 Å². The highest BCUT2D eigenvalue weighted by atomic mass is 16.3. The molecule has 0 saturated carbocycles. The van der Waals surface area contributed by atoms with E-state index in [4.69, 9.17) is 4.42 Å². The molecule has 0 fully saturated rings. The van der Waals surface area contributed by atoms with E-state index in [9.17, 15) is 0 Å². The van der Waals surface area contributed by atoms with Crippen LogP contribution >= 0.6 is 0 Å². The van der Waals surface area contributed by atoms with E-state index in [-0.39, 0.29) is 0 Å². The predicted molar refractivity (Wildman–Crippen MR) is 202 cm³/mol. The van der Waals surface area contributed by atoms with Gasteiger partial charge >= 0.3 is 0 Å². The number of nitrogens with zero attached hydrogens (tertiary/aromatic N) is 1. The highest BCUT2D eigenvalue weighted by molar-refractivity contribution is 6.21. The van der Waals surface area contributed by atoms with Gasteiger partial charge in [0.05, 0.1) is 5.69 Å². The van der Waals surface area contributed by atoms with Crippen LogP contribution in [0.25, 0.3) is 66.1 Å². The summed E-state index contributed by atoms with van der Waals surface area (Å²) in [4.78, 5) is 2.38. The van der Waals surface area contributed by atoms with Crippen molar-refractivity contribution in [3.05, 3.63) is 188 Å². The second-order valence-corrected chi connectivity index (χ2v) is 12.1. The van der Waals surface area contributed by atoms with Gasteiger partial charge in [0.25, 0.3) is 0 Å². The molecule has 0 bridgehead atoms. The molecule has 0 amide bonds. The first-order valence-electron chi connectivity index (χ1n) is 16.4. The zero-order chi connectivity index (χ0) is 31.9. The summed E-state index contributed by atoms with van der Waals surface area (Å²) in [7, 11) is 0. The molecule has 8 aromatic carbocycles. The van der Waals surface area contributed by atoms with Gasteiger partial charge in [-0.05, 0) is 75.7 Å². The summed E-state index contributed by atoms with van der Waals surface area (Å²) in [5.74, 6) is 0. The Labute approximate surface area is 279 Å². The fraction of sp³-hybridized carbons (Fsp3) is 0. The summed E-state index contributed by atoms with van der Waals surface area (Å²) in [5, 5.41) is 4.52. The lowest BCUT2D eigenvalue weighted by Gasteiger charge is -2.28. The van der Waals surface area contributed by atoms with Crippen LogP contribution in [0.3, 0.4) is 0 Å². The van der Waals surface area contributed by atoms with Crippen molar-refractivity contribution in [3.8, 4) is 33.4 Å². The van der Waals surface area contributed by atoms with Crippen LogP contribution in [0.1, 0.15) is 0 Å². The summed E-state index contributed by atoms with van der Waals surface area (Å²) in [6.45, 7) is 0. The molecule has 2 nitrogen and oxygen atoms in total. The van der Waals surface area contributed by atoms with Crippen molar-refractivity contribution >= 4 is 49.8 Å². The van der Waals surface area contributed by atoms with Crippen LogP contribution in [0.2, 0.25) is 0 Å². The summed E-state index contributed by atoms with van der Waals surface area (Å²) in [6.07, 6.45) is 0. The zero-order valence-electron chi connectivity index (χ0n) is 26.3. The van der Waals surface area contributed by atoms with Crippen molar-refractivity contribution in [1.82, 2.24) is 0 Å². The van der Waals surface area contributed by atoms with Gasteiger partial charge < -0.3 is 9.32 Å². The third kappa shape index (κ3) is 4.83. The quantitative estimate of drug-likeness (QED) is 0.185. The minimum atomic E-state index is 0.878. The van der Waals surface area contributed by atoms with Crippen molar-refractivity contribution in [2.24, 2.45) is 0 Å². The lowest BCUT2D eigenvalue weighted by atomic mass is 9.95. The van der Waals surface area contributed by atoms with Crippen LogP contribution in [0, 0.1) is 0 Å². The van der Waals surface area contributed by atoms with Gasteiger partial charge in [0.15, 0.2) is 0 Å². The Morgan fingerprint density at radius 3 is 1.44 bits per heavy atom. The van der Waals surface area contributed by atoms with Crippen molar-refractivity contribution in [1.29, 1.82) is 0 Å². The number of fused-ring (bicyclic) bond motifs is 5. The highest BCUT2D eigenvalue weighted by Crippen LogP contribution is 2.48. The molecule has 0 N–H and O–H groups in total. The summed E-state index contributed by atoms with van der Waals surface area (Å²) in [5.41, 5.74) is 12.1. The van der Waals surface area contributed by atoms with E-state index in [0.717, 1.165) is 55.5 Å². The van der Waals surface area contributed by atoms with Crippen LogP contribution in [-0.2, 0) is 0 Å². The van der Waals surface area contributed by atoms with Gasteiger partial charge in [-0.1, -0.05) is 146 Å². The maximum atomic E-state index is 6.68. The molecule has 0 unspecified atom stereocenters. The minimum Gasteiger partial charge on any atom is -0.455 e. The van der Waals surface area contributed by atoms with Crippen LogP contribution in [0.15, 0.2) is 192 Å². The highest BCUT2D eigenvalue weighted by Gasteiger charge is 2.23. The molecule has 1 aromatic heterocycles. The standard InChI is InChI=1S/C46H31NO/c1-4-12-32(13-5-1)34-20-25-38(26-21-34)47(39-27-22-35(23-28-39)33-14-6-2-7-15-33)42-30-31-43-45(44(42)37-17-8-3-9-18-37)41-29-24-36-16-10-11-19-40(36)46(41)48-43/h1-31H. The van der Waals surface area contributed by atoms with Crippen LogP contribution in [0.5, 0.6) is 0 Å². The third-order valence-corrected chi connectivity index (χ3v) is 9.27. The van der Waals surface area contributed by atoms with E-state index in [0.29, 0.717) is 0 Å². The molecule has 1 heterocycles. The molecule has 0 aliphatic rings. The third-order valence-electron chi connectivity index (χ3n) is 9.27. The van der Waals surface area contributed by atoms with E-state index in [1.165, 1.54) is 27.6 Å². The maximum Gasteiger partial charge on any atom is 0.143 e. The second-order valence-electron chi connectivity index (χ2n) is 12.1. The zero-order valence-corrected chi connectivity index (χ0v) is 26.3. The monoisotopic (exact) mass is 613 g/mol.